The normalized spacial score (nSPS) is 20.8. The van der Waals surface area contributed by atoms with Crippen LogP contribution in [-0.4, -0.2) is 45.7 Å². The Hall–Kier alpha value is -3.08. The molecule has 5 nitrogen and oxygen atoms in total. The smallest absolute Gasteiger partial charge is 0.246 e. The molecular weight excluding hydrogens is 386 g/mol. The maximum absolute atomic E-state index is 13.6. The van der Waals surface area contributed by atoms with E-state index >= 15 is 0 Å². The highest BCUT2D eigenvalue weighted by Crippen LogP contribution is 2.43. The van der Waals surface area contributed by atoms with Crippen LogP contribution >= 0.6 is 0 Å². The Labute approximate surface area is 183 Å². The molecule has 2 amide bonds. The molecule has 5 rings (SSSR count). The Morgan fingerprint density at radius 3 is 2.61 bits per heavy atom. The molecule has 0 aliphatic carbocycles. The number of fused-ring (bicyclic) bond motifs is 4. The largest absolute Gasteiger partial charge is 0.356 e. The zero-order chi connectivity index (χ0) is 21.5. The fourth-order valence-corrected chi connectivity index (χ4v) is 5.28. The summed E-state index contributed by atoms with van der Waals surface area (Å²) in [7, 11) is 0. The third-order valence-corrected chi connectivity index (χ3v) is 6.86. The van der Waals surface area contributed by atoms with Crippen molar-refractivity contribution in [2.75, 3.05) is 13.1 Å². The standard InChI is InChI=1S/C26H29N3O2/c1-3-4-9-14-28-16-23(30)29-22(26(28)31)15-20-19-12-7-8-13-21(19)27-24(20)25(29)18-11-6-5-10-17(18)2/h5-8,10-13,22,25,27H,3-4,9,14-16H2,1-2H3/t22-,25+/m1/s1. The highest BCUT2D eigenvalue weighted by molar-refractivity contribution is 5.97. The Kier molecular flexibility index (Phi) is 5.05. The lowest BCUT2D eigenvalue weighted by atomic mass is 9.85. The van der Waals surface area contributed by atoms with Gasteiger partial charge in [0.25, 0.3) is 0 Å². The highest BCUT2D eigenvalue weighted by atomic mass is 16.2. The minimum absolute atomic E-state index is 0.0404. The van der Waals surface area contributed by atoms with Crippen molar-refractivity contribution in [3.8, 4) is 0 Å². The van der Waals surface area contributed by atoms with Crippen LogP contribution in [0.15, 0.2) is 48.5 Å². The van der Waals surface area contributed by atoms with Gasteiger partial charge in [0, 0.05) is 29.6 Å². The summed E-state index contributed by atoms with van der Waals surface area (Å²) in [5.41, 5.74) is 5.49. The number of nitrogens with zero attached hydrogens (tertiary/aromatic N) is 2. The summed E-state index contributed by atoms with van der Waals surface area (Å²) in [6.07, 6.45) is 3.68. The lowest BCUT2D eigenvalue weighted by Crippen LogP contribution is -2.63. The predicted octanol–water partition coefficient (Wildman–Crippen LogP) is 4.35. The van der Waals surface area contributed by atoms with Gasteiger partial charge in [0.2, 0.25) is 11.8 Å². The number of hydrogen-bond acceptors (Lipinski definition) is 2. The first-order valence-corrected chi connectivity index (χ1v) is 11.3. The van der Waals surface area contributed by atoms with Crippen molar-refractivity contribution < 1.29 is 9.59 Å². The molecule has 1 N–H and O–H groups in total. The van der Waals surface area contributed by atoms with Crippen molar-refractivity contribution in [2.45, 2.75) is 51.6 Å². The van der Waals surface area contributed by atoms with Gasteiger partial charge in [-0.25, -0.2) is 0 Å². The second-order valence-corrected chi connectivity index (χ2v) is 8.81. The van der Waals surface area contributed by atoms with Crippen LogP contribution in [0.2, 0.25) is 0 Å². The Morgan fingerprint density at radius 1 is 1.03 bits per heavy atom. The van der Waals surface area contributed by atoms with Gasteiger partial charge >= 0.3 is 0 Å². The molecule has 3 aromatic rings. The lowest BCUT2D eigenvalue weighted by Gasteiger charge is -2.47. The van der Waals surface area contributed by atoms with Crippen LogP contribution in [0.3, 0.4) is 0 Å². The topological polar surface area (TPSA) is 56.4 Å². The fraction of sp³-hybridized carbons (Fsp3) is 0.385. The van der Waals surface area contributed by atoms with Gasteiger partial charge in [0.1, 0.15) is 6.04 Å². The maximum atomic E-state index is 13.6. The van der Waals surface area contributed by atoms with Gasteiger partial charge in [-0.3, -0.25) is 9.59 Å². The summed E-state index contributed by atoms with van der Waals surface area (Å²) in [5.74, 6) is 0.129. The summed E-state index contributed by atoms with van der Waals surface area (Å²) in [6, 6.07) is 15.7. The molecule has 2 aliphatic heterocycles. The molecule has 1 aromatic heterocycles. The number of aromatic nitrogens is 1. The number of benzene rings is 2. The van der Waals surface area contributed by atoms with Crippen molar-refractivity contribution in [3.63, 3.8) is 0 Å². The molecule has 1 fully saturated rings. The zero-order valence-corrected chi connectivity index (χ0v) is 18.2. The summed E-state index contributed by atoms with van der Waals surface area (Å²) >= 11 is 0. The van der Waals surface area contributed by atoms with Crippen LogP contribution in [0.1, 0.15) is 54.6 Å². The summed E-state index contributed by atoms with van der Waals surface area (Å²) in [6.45, 7) is 5.07. The van der Waals surface area contributed by atoms with E-state index in [0.29, 0.717) is 13.0 Å². The van der Waals surface area contributed by atoms with Crippen molar-refractivity contribution in [1.82, 2.24) is 14.8 Å². The van der Waals surface area contributed by atoms with Crippen molar-refractivity contribution in [3.05, 3.63) is 70.9 Å². The number of rotatable bonds is 5. The molecule has 3 heterocycles. The second-order valence-electron chi connectivity index (χ2n) is 8.81. The molecule has 1 saturated heterocycles. The van der Waals surface area contributed by atoms with Gasteiger partial charge in [-0.15, -0.1) is 0 Å². The first kappa shape index (κ1) is 19.9. The maximum Gasteiger partial charge on any atom is 0.246 e. The van der Waals surface area contributed by atoms with E-state index in [9.17, 15) is 9.59 Å². The monoisotopic (exact) mass is 415 g/mol. The molecule has 0 unspecified atom stereocenters. The number of H-pyrrole nitrogens is 1. The Morgan fingerprint density at radius 2 is 1.81 bits per heavy atom. The van der Waals surface area contributed by atoms with E-state index in [2.05, 4.69) is 43.1 Å². The van der Waals surface area contributed by atoms with Crippen LogP contribution < -0.4 is 0 Å². The van der Waals surface area contributed by atoms with Gasteiger partial charge in [0.05, 0.1) is 12.6 Å². The summed E-state index contributed by atoms with van der Waals surface area (Å²) in [5, 5.41) is 1.15. The van der Waals surface area contributed by atoms with Crippen LogP contribution in [0.4, 0.5) is 0 Å². The predicted molar refractivity (Wildman–Crippen MR) is 122 cm³/mol. The van der Waals surface area contributed by atoms with Crippen LogP contribution in [0.25, 0.3) is 10.9 Å². The minimum atomic E-state index is -0.445. The molecule has 0 saturated carbocycles. The number of carbonyl (C=O) groups is 2. The summed E-state index contributed by atoms with van der Waals surface area (Å²) < 4.78 is 0. The molecule has 0 spiro atoms. The average Bonchev–Trinajstić information content (AvgIpc) is 3.15. The van der Waals surface area contributed by atoms with Gasteiger partial charge in [-0.2, -0.15) is 0 Å². The quantitative estimate of drug-likeness (QED) is 0.630. The second kappa shape index (κ2) is 7.88. The molecular formula is C26H29N3O2. The van der Waals surface area contributed by atoms with E-state index in [1.807, 2.05) is 29.2 Å². The van der Waals surface area contributed by atoms with Gasteiger partial charge < -0.3 is 14.8 Å². The Balaban J connectivity index is 1.63. The van der Waals surface area contributed by atoms with Gasteiger partial charge in [-0.1, -0.05) is 62.2 Å². The number of carbonyl (C=O) groups excluding carboxylic acids is 2. The number of piperazine rings is 1. The van der Waals surface area contributed by atoms with Gasteiger partial charge in [0.15, 0.2) is 0 Å². The van der Waals surface area contributed by atoms with E-state index in [1.54, 1.807) is 4.90 Å². The zero-order valence-electron chi connectivity index (χ0n) is 18.2. The third kappa shape index (κ3) is 3.23. The summed E-state index contributed by atoms with van der Waals surface area (Å²) in [4.78, 5) is 34.2. The number of nitrogens with one attached hydrogen (secondary N) is 1. The first-order valence-electron chi connectivity index (χ1n) is 11.3. The molecule has 2 aliphatic rings. The lowest BCUT2D eigenvalue weighted by molar-refractivity contribution is -0.158. The molecule has 0 radical (unpaired) electrons. The van der Waals surface area contributed by atoms with Crippen molar-refractivity contribution in [1.29, 1.82) is 0 Å². The Bertz CT molecular complexity index is 1150. The number of aryl methyl sites for hydroxylation is 1. The van der Waals surface area contributed by atoms with Gasteiger partial charge in [-0.05, 0) is 36.1 Å². The molecule has 160 valence electrons. The fourth-order valence-electron chi connectivity index (χ4n) is 5.28. The number of hydrogen-bond donors (Lipinski definition) is 1. The molecule has 2 aromatic carbocycles. The minimum Gasteiger partial charge on any atom is -0.356 e. The van der Waals surface area contributed by atoms with Crippen LogP contribution in [-0.2, 0) is 16.0 Å². The molecule has 2 atom stereocenters. The van der Waals surface area contributed by atoms with E-state index in [-0.39, 0.29) is 24.4 Å². The van der Waals surface area contributed by atoms with Crippen molar-refractivity contribution in [2.24, 2.45) is 0 Å². The van der Waals surface area contributed by atoms with Crippen LogP contribution in [0.5, 0.6) is 0 Å². The number of unbranched alkanes of at least 4 members (excludes halogenated alkanes) is 2. The van der Waals surface area contributed by atoms with E-state index in [1.165, 1.54) is 5.56 Å². The van der Waals surface area contributed by atoms with E-state index in [0.717, 1.165) is 47.0 Å². The third-order valence-electron chi connectivity index (χ3n) is 6.86. The van der Waals surface area contributed by atoms with E-state index in [4.69, 9.17) is 0 Å². The highest BCUT2D eigenvalue weighted by Gasteiger charge is 2.48. The van der Waals surface area contributed by atoms with Crippen molar-refractivity contribution >= 4 is 22.7 Å². The number of aromatic amines is 1. The molecule has 5 heteroatoms. The van der Waals surface area contributed by atoms with Crippen LogP contribution in [0, 0.1) is 6.92 Å². The molecule has 31 heavy (non-hydrogen) atoms. The SMILES string of the molecule is CCCCCN1CC(=O)N2[C@@H](c3ccccc3C)c3[nH]c4ccccc4c3C[C@@H]2C1=O. The number of amides is 2. The first-order chi connectivity index (χ1) is 15.1. The van der Waals surface area contributed by atoms with E-state index < -0.39 is 6.04 Å². The molecule has 0 bridgehead atoms. The average molecular weight is 416 g/mol. The number of para-hydroxylation sites is 1.